The van der Waals surface area contributed by atoms with Crippen molar-refractivity contribution in [2.45, 2.75) is 19.9 Å². The van der Waals surface area contributed by atoms with Crippen LogP contribution < -0.4 is 4.74 Å². The second-order valence-electron chi connectivity index (χ2n) is 7.10. The van der Waals surface area contributed by atoms with Gasteiger partial charge in [-0.25, -0.2) is 9.97 Å². The number of aryl methyl sites for hydroxylation is 1. The second kappa shape index (κ2) is 9.68. The first-order valence-electron chi connectivity index (χ1n) is 9.95. The van der Waals surface area contributed by atoms with E-state index in [0.29, 0.717) is 30.3 Å². The molecule has 1 aliphatic heterocycles. The van der Waals surface area contributed by atoms with Crippen LogP contribution in [0.4, 0.5) is 0 Å². The maximum atomic E-state index is 12.8. The lowest BCUT2D eigenvalue weighted by Gasteiger charge is -2.34. The zero-order valence-corrected chi connectivity index (χ0v) is 19.2. The van der Waals surface area contributed by atoms with Gasteiger partial charge in [0.2, 0.25) is 5.88 Å². The number of carbonyl (C=O) groups excluding carboxylic acids is 1. The van der Waals surface area contributed by atoms with Crippen LogP contribution in [0.25, 0.3) is 0 Å². The molecule has 1 aliphatic rings. The predicted octanol–water partition coefficient (Wildman–Crippen LogP) is 4.61. The third-order valence-electron chi connectivity index (χ3n) is 4.95. The molecule has 0 N–H and O–H groups in total. The minimum Gasteiger partial charge on any atom is -0.439 e. The first-order valence-corrected chi connectivity index (χ1v) is 11.6. The lowest BCUT2D eigenvalue weighted by atomic mass is 10.2. The Morgan fingerprint density at radius 1 is 1.20 bits per heavy atom. The van der Waals surface area contributed by atoms with Crippen molar-refractivity contribution in [2.75, 3.05) is 26.2 Å². The SMILES string of the molecule is CCc1nc(CN2CCN(C(=O)c3ccc(Oc4cccc(Br)c4)nc3)CC2)cs1. The molecule has 1 fully saturated rings. The highest BCUT2D eigenvalue weighted by atomic mass is 79.9. The van der Waals surface area contributed by atoms with Crippen molar-refractivity contribution in [2.24, 2.45) is 0 Å². The summed E-state index contributed by atoms with van der Waals surface area (Å²) < 4.78 is 6.68. The van der Waals surface area contributed by atoms with Crippen LogP contribution in [-0.4, -0.2) is 51.9 Å². The first-order chi connectivity index (χ1) is 14.6. The van der Waals surface area contributed by atoms with Gasteiger partial charge in [-0.2, -0.15) is 0 Å². The molecule has 0 unspecified atom stereocenters. The van der Waals surface area contributed by atoms with E-state index in [-0.39, 0.29) is 5.91 Å². The van der Waals surface area contributed by atoms with Crippen LogP contribution in [0.5, 0.6) is 11.6 Å². The number of pyridine rings is 1. The molecule has 6 nitrogen and oxygen atoms in total. The fraction of sp³-hybridized carbons (Fsp3) is 0.318. The van der Waals surface area contributed by atoms with E-state index in [4.69, 9.17) is 4.74 Å². The molecule has 3 heterocycles. The molecule has 0 radical (unpaired) electrons. The van der Waals surface area contributed by atoms with Crippen LogP contribution in [-0.2, 0) is 13.0 Å². The van der Waals surface area contributed by atoms with E-state index in [2.05, 4.69) is 43.1 Å². The normalized spacial score (nSPS) is 14.7. The topological polar surface area (TPSA) is 58.6 Å². The van der Waals surface area contributed by atoms with Crippen LogP contribution in [0.2, 0.25) is 0 Å². The summed E-state index contributed by atoms with van der Waals surface area (Å²) in [5.41, 5.74) is 1.71. The number of amides is 1. The third kappa shape index (κ3) is 5.24. The molecular formula is C22H23BrN4O2S. The molecule has 8 heteroatoms. The van der Waals surface area contributed by atoms with Crippen LogP contribution in [0.1, 0.15) is 28.0 Å². The largest absolute Gasteiger partial charge is 0.439 e. The highest BCUT2D eigenvalue weighted by molar-refractivity contribution is 9.10. The quantitative estimate of drug-likeness (QED) is 0.508. The van der Waals surface area contributed by atoms with Crippen molar-refractivity contribution >= 4 is 33.2 Å². The standard InChI is InChI=1S/C22H23BrN4O2S/c1-2-21-25-18(15-30-21)14-26-8-10-27(11-9-26)22(28)16-6-7-20(24-13-16)29-19-5-3-4-17(23)12-19/h3-7,12-13,15H,2,8-11,14H2,1H3. The summed E-state index contributed by atoms with van der Waals surface area (Å²) in [5, 5.41) is 3.32. The summed E-state index contributed by atoms with van der Waals surface area (Å²) in [7, 11) is 0. The average Bonchev–Trinajstić information content (AvgIpc) is 3.22. The molecule has 0 atom stereocenters. The van der Waals surface area contributed by atoms with Gasteiger partial charge >= 0.3 is 0 Å². The molecule has 1 saturated heterocycles. The fourth-order valence-electron chi connectivity index (χ4n) is 3.32. The van der Waals surface area contributed by atoms with Gasteiger partial charge in [-0.3, -0.25) is 9.69 Å². The number of rotatable bonds is 6. The van der Waals surface area contributed by atoms with Crippen molar-refractivity contribution in [3.63, 3.8) is 0 Å². The van der Waals surface area contributed by atoms with Gasteiger partial charge in [0.15, 0.2) is 0 Å². The molecule has 1 amide bonds. The van der Waals surface area contributed by atoms with E-state index in [9.17, 15) is 4.79 Å². The Bertz CT molecular complexity index is 1000. The van der Waals surface area contributed by atoms with Crippen molar-refractivity contribution < 1.29 is 9.53 Å². The summed E-state index contributed by atoms with van der Waals surface area (Å²) in [6.45, 7) is 6.09. The molecule has 0 aliphatic carbocycles. The van der Waals surface area contributed by atoms with Crippen molar-refractivity contribution in [1.82, 2.24) is 19.8 Å². The summed E-state index contributed by atoms with van der Waals surface area (Å²) in [6.07, 6.45) is 2.57. The lowest BCUT2D eigenvalue weighted by Crippen LogP contribution is -2.48. The Morgan fingerprint density at radius 3 is 2.70 bits per heavy atom. The summed E-state index contributed by atoms with van der Waals surface area (Å²) >= 11 is 5.14. The summed E-state index contributed by atoms with van der Waals surface area (Å²) in [6, 6.07) is 11.1. The van der Waals surface area contributed by atoms with Crippen LogP contribution >= 0.6 is 27.3 Å². The minimum atomic E-state index is 0.0121. The number of nitrogens with zero attached hydrogens (tertiary/aromatic N) is 4. The maximum Gasteiger partial charge on any atom is 0.255 e. The van der Waals surface area contributed by atoms with Gasteiger partial charge in [0.25, 0.3) is 5.91 Å². The molecule has 1 aromatic carbocycles. The molecule has 0 spiro atoms. The van der Waals surface area contributed by atoms with Gasteiger partial charge in [-0.1, -0.05) is 28.9 Å². The van der Waals surface area contributed by atoms with Gasteiger partial charge < -0.3 is 9.64 Å². The number of halogens is 1. The molecule has 2 aromatic heterocycles. The minimum absolute atomic E-state index is 0.0121. The first kappa shape index (κ1) is 21.0. The maximum absolute atomic E-state index is 12.8. The second-order valence-corrected chi connectivity index (χ2v) is 8.96. The van der Waals surface area contributed by atoms with Crippen LogP contribution in [0.15, 0.2) is 52.4 Å². The monoisotopic (exact) mass is 486 g/mol. The predicted molar refractivity (Wildman–Crippen MR) is 121 cm³/mol. The lowest BCUT2D eigenvalue weighted by molar-refractivity contribution is 0.0627. The Morgan fingerprint density at radius 2 is 2.03 bits per heavy atom. The molecular weight excluding hydrogens is 464 g/mol. The number of benzene rings is 1. The smallest absolute Gasteiger partial charge is 0.255 e. The highest BCUT2D eigenvalue weighted by Gasteiger charge is 2.23. The van der Waals surface area contributed by atoms with Crippen molar-refractivity contribution in [3.8, 4) is 11.6 Å². The Kier molecular flexibility index (Phi) is 6.76. The van der Waals surface area contributed by atoms with E-state index in [1.54, 1.807) is 29.7 Å². The Balaban J connectivity index is 1.30. The van der Waals surface area contributed by atoms with Crippen molar-refractivity contribution in [3.05, 3.63) is 68.7 Å². The van der Waals surface area contributed by atoms with E-state index in [0.717, 1.165) is 36.2 Å². The summed E-state index contributed by atoms with van der Waals surface area (Å²) in [5.74, 6) is 1.17. The number of ether oxygens (including phenoxy) is 1. The van der Waals surface area contributed by atoms with Crippen LogP contribution in [0, 0.1) is 0 Å². The van der Waals surface area contributed by atoms with Gasteiger partial charge in [-0.05, 0) is 30.7 Å². The molecule has 0 saturated carbocycles. The van der Waals surface area contributed by atoms with E-state index in [1.807, 2.05) is 29.2 Å². The molecule has 3 aromatic rings. The molecule has 0 bridgehead atoms. The number of thiazole rings is 1. The van der Waals surface area contributed by atoms with Gasteiger partial charge in [0, 0.05) is 54.8 Å². The average molecular weight is 487 g/mol. The number of carbonyl (C=O) groups is 1. The number of hydrogen-bond donors (Lipinski definition) is 0. The number of aromatic nitrogens is 2. The van der Waals surface area contributed by atoms with Gasteiger partial charge in [0.1, 0.15) is 5.75 Å². The fourth-order valence-corrected chi connectivity index (χ4v) is 4.44. The highest BCUT2D eigenvalue weighted by Crippen LogP contribution is 2.23. The number of hydrogen-bond acceptors (Lipinski definition) is 6. The zero-order valence-electron chi connectivity index (χ0n) is 16.8. The Hall–Kier alpha value is -2.29. The zero-order chi connectivity index (χ0) is 20.9. The van der Waals surface area contributed by atoms with Crippen LogP contribution in [0.3, 0.4) is 0 Å². The number of piperazine rings is 1. The molecule has 156 valence electrons. The van der Waals surface area contributed by atoms with Crippen molar-refractivity contribution in [1.29, 1.82) is 0 Å². The molecule has 30 heavy (non-hydrogen) atoms. The third-order valence-corrected chi connectivity index (χ3v) is 6.48. The van der Waals surface area contributed by atoms with E-state index in [1.165, 1.54) is 5.01 Å². The van der Waals surface area contributed by atoms with E-state index < -0.39 is 0 Å². The molecule has 4 rings (SSSR count). The van der Waals surface area contributed by atoms with Gasteiger partial charge in [-0.15, -0.1) is 11.3 Å². The summed E-state index contributed by atoms with van der Waals surface area (Å²) in [4.78, 5) is 26.0. The Labute approximate surface area is 188 Å². The van der Waals surface area contributed by atoms with Gasteiger partial charge in [0.05, 0.1) is 16.3 Å². The van der Waals surface area contributed by atoms with E-state index >= 15 is 0 Å².